The zero-order chi connectivity index (χ0) is 17.5. The van der Waals surface area contributed by atoms with Crippen LogP contribution in [0.3, 0.4) is 0 Å². The van der Waals surface area contributed by atoms with Crippen LogP contribution in [0.4, 0.5) is 0 Å². The van der Waals surface area contributed by atoms with Crippen molar-refractivity contribution in [3.05, 3.63) is 29.8 Å². The van der Waals surface area contributed by atoms with Crippen LogP contribution in [-0.2, 0) is 24.1 Å². The molecule has 1 aromatic carbocycles. The Hall–Kier alpha value is -1.93. The van der Waals surface area contributed by atoms with Crippen molar-refractivity contribution in [1.29, 1.82) is 0 Å². The van der Waals surface area contributed by atoms with Crippen LogP contribution in [0.15, 0.2) is 29.2 Å². The third kappa shape index (κ3) is 5.99. The Morgan fingerprint density at radius 1 is 1.17 bits per heavy atom. The van der Waals surface area contributed by atoms with Gasteiger partial charge in [0.15, 0.2) is 9.84 Å². The van der Waals surface area contributed by atoms with Crippen LogP contribution in [0.5, 0.6) is 0 Å². The molecular formula is C15H21NO6S. The number of carbonyl (C=O) groups excluding carboxylic acids is 2. The summed E-state index contributed by atoms with van der Waals surface area (Å²) in [6.45, 7) is 1.79. The molecule has 0 unspecified atom stereocenters. The van der Waals surface area contributed by atoms with E-state index < -0.39 is 15.8 Å². The van der Waals surface area contributed by atoms with Crippen LogP contribution in [-0.4, -0.2) is 52.9 Å². The first kappa shape index (κ1) is 19.1. The van der Waals surface area contributed by atoms with Gasteiger partial charge in [0.05, 0.1) is 30.8 Å². The van der Waals surface area contributed by atoms with Gasteiger partial charge in [-0.25, -0.2) is 8.42 Å². The Kier molecular flexibility index (Phi) is 7.18. The number of hydrogen-bond donors (Lipinski definition) is 1. The lowest BCUT2D eigenvalue weighted by atomic mass is 10.2. The summed E-state index contributed by atoms with van der Waals surface area (Å²) in [4.78, 5) is 23.3. The maximum absolute atomic E-state index is 12.0. The van der Waals surface area contributed by atoms with E-state index in [1.807, 2.05) is 0 Å². The molecule has 0 fully saturated rings. The van der Waals surface area contributed by atoms with Gasteiger partial charge in [-0.2, -0.15) is 0 Å². The predicted molar refractivity (Wildman–Crippen MR) is 83.9 cm³/mol. The zero-order valence-electron chi connectivity index (χ0n) is 13.4. The standard InChI is InChI=1S/C15H21NO6S/c1-11(10-14(17)22-3)16-15(18)12-4-6-13(7-5-12)23(19,20)9-8-21-2/h4-7,11H,8-10H2,1-3H3,(H,16,18)/t11-/m1/s1. The van der Waals surface area contributed by atoms with Gasteiger partial charge in [-0.3, -0.25) is 9.59 Å². The first-order chi connectivity index (χ1) is 10.8. The maximum atomic E-state index is 12.0. The van der Waals surface area contributed by atoms with Crippen LogP contribution < -0.4 is 5.32 Å². The highest BCUT2D eigenvalue weighted by Crippen LogP contribution is 2.13. The summed E-state index contributed by atoms with van der Waals surface area (Å²) >= 11 is 0. The second kappa shape index (κ2) is 8.64. The molecule has 0 radical (unpaired) electrons. The second-order valence-electron chi connectivity index (χ2n) is 4.99. The molecule has 1 amide bonds. The molecule has 1 aromatic rings. The Morgan fingerprint density at radius 2 is 1.78 bits per heavy atom. The molecule has 0 aliphatic carbocycles. The molecule has 1 N–H and O–H groups in total. The molecule has 0 aliphatic heterocycles. The summed E-state index contributed by atoms with van der Waals surface area (Å²) in [6.07, 6.45) is 0.0612. The monoisotopic (exact) mass is 343 g/mol. The molecule has 0 saturated carbocycles. The van der Waals surface area contributed by atoms with Crippen molar-refractivity contribution in [3.8, 4) is 0 Å². The summed E-state index contributed by atoms with van der Waals surface area (Å²) in [5, 5.41) is 2.64. The Balaban J connectivity index is 2.72. The molecule has 1 atom stereocenters. The van der Waals surface area contributed by atoms with E-state index in [-0.39, 0.29) is 35.6 Å². The Bertz CT molecular complexity index is 638. The molecule has 0 saturated heterocycles. The van der Waals surface area contributed by atoms with Crippen molar-refractivity contribution in [1.82, 2.24) is 5.32 Å². The number of hydrogen-bond acceptors (Lipinski definition) is 6. The van der Waals surface area contributed by atoms with Gasteiger partial charge in [-0.05, 0) is 31.2 Å². The van der Waals surface area contributed by atoms with Crippen molar-refractivity contribution in [2.45, 2.75) is 24.3 Å². The Morgan fingerprint density at radius 3 is 2.30 bits per heavy atom. The van der Waals surface area contributed by atoms with Gasteiger partial charge in [0.2, 0.25) is 0 Å². The minimum atomic E-state index is -3.43. The van der Waals surface area contributed by atoms with E-state index in [1.165, 1.54) is 38.5 Å². The fourth-order valence-electron chi connectivity index (χ4n) is 1.82. The van der Waals surface area contributed by atoms with Crippen molar-refractivity contribution < 1.29 is 27.5 Å². The second-order valence-corrected chi connectivity index (χ2v) is 7.10. The van der Waals surface area contributed by atoms with E-state index in [9.17, 15) is 18.0 Å². The van der Waals surface area contributed by atoms with Gasteiger partial charge < -0.3 is 14.8 Å². The van der Waals surface area contributed by atoms with Crippen molar-refractivity contribution >= 4 is 21.7 Å². The summed E-state index contributed by atoms with van der Waals surface area (Å²) in [7, 11) is -0.719. The first-order valence-corrected chi connectivity index (χ1v) is 8.65. The van der Waals surface area contributed by atoms with Crippen LogP contribution >= 0.6 is 0 Å². The fourth-order valence-corrected chi connectivity index (χ4v) is 2.99. The topological polar surface area (TPSA) is 98.8 Å². The molecule has 1 rings (SSSR count). The van der Waals surface area contributed by atoms with E-state index >= 15 is 0 Å². The number of benzene rings is 1. The molecule has 0 bridgehead atoms. The van der Waals surface area contributed by atoms with Crippen LogP contribution in [0.2, 0.25) is 0 Å². The fraction of sp³-hybridized carbons (Fsp3) is 0.467. The minimum absolute atomic E-state index is 0.0612. The minimum Gasteiger partial charge on any atom is -0.469 e. The smallest absolute Gasteiger partial charge is 0.307 e. The van der Waals surface area contributed by atoms with Gasteiger partial charge in [0.1, 0.15) is 0 Å². The predicted octanol–water partition coefficient (Wildman–Crippen LogP) is 0.788. The highest BCUT2D eigenvalue weighted by Gasteiger charge is 2.16. The van der Waals surface area contributed by atoms with Gasteiger partial charge in [0.25, 0.3) is 5.91 Å². The number of methoxy groups -OCH3 is 2. The van der Waals surface area contributed by atoms with Crippen LogP contribution in [0.1, 0.15) is 23.7 Å². The number of ether oxygens (including phenoxy) is 2. The number of carbonyl (C=O) groups is 2. The lowest BCUT2D eigenvalue weighted by molar-refractivity contribution is -0.141. The van der Waals surface area contributed by atoms with Gasteiger partial charge in [0, 0.05) is 18.7 Å². The summed E-state index contributed by atoms with van der Waals surface area (Å²) in [5.41, 5.74) is 0.312. The van der Waals surface area contributed by atoms with E-state index in [4.69, 9.17) is 4.74 Å². The molecule has 0 aliphatic rings. The van der Waals surface area contributed by atoms with Gasteiger partial charge in [-0.15, -0.1) is 0 Å². The largest absolute Gasteiger partial charge is 0.469 e. The molecule has 23 heavy (non-hydrogen) atoms. The third-order valence-corrected chi connectivity index (χ3v) is 4.80. The summed E-state index contributed by atoms with van der Waals surface area (Å²) in [6, 6.07) is 5.23. The summed E-state index contributed by atoms with van der Waals surface area (Å²) in [5.74, 6) is -0.926. The number of esters is 1. The van der Waals surface area contributed by atoms with Gasteiger partial charge >= 0.3 is 5.97 Å². The molecule has 128 valence electrons. The van der Waals surface area contributed by atoms with E-state index in [1.54, 1.807) is 6.92 Å². The lowest BCUT2D eigenvalue weighted by Crippen LogP contribution is -2.34. The lowest BCUT2D eigenvalue weighted by Gasteiger charge is -2.13. The van der Waals surface area contributed by atoms with Crippen molar-refractivity contribution in [2.24, 2.45) is 0 Å². The molecular weight excluding hydrogens is 322 g/mol. The third-order valence-electron chi connectivity index (χ3n) is 3.11. The van der Waals surface area contributed by atoms with Gasteiger partial charge in [-0.1, -0.05) is 0 Å². The molecule has 0 aromatic heterocycles. The number of nitrogens with one attached hydrogen (secondary N) is 1. The van der Waals surface area contributed by atoms with E-state index in [0.29, 0.717) is 5.56 Å². The number of amides is 1. The quantitative estimate of drug-likeness (QED) is 0.701. The molecule has 8 heteroatoms. The average Bonchev–Trinajstić information content (AvgIpc) is 2.52. The first-order valence-electron chi connectivity index (χ1n) is 6.99. The molecule has 7 nitrogen and oxygen atoms in total. The van der Waals surface area contributed by atoms with Crippen LogP contribution in [0, 0.1) is 0 Å². The average molecular weight is 343 g/mol. The number of sulfone groups is 1. The highest BCUT2D eigenvalue weighted by atomic mass is 32.2. The molecule has 0 spiro atoms. The Labute approximate surface area is 135 Å². The number of rotatable bonds is 8. The van der Waals surface area contributed by atoms with Crippen molar-refractivity contribution in [2.75, 3.05) is 26.6 Å². The van der Waals surface area contributed by atoms with E-state index in [2.05, 4.69) is 10.1 Å². The summed E-state index contributed by atoms with van der Waals surface area (Å²) < 4.78 is 33.2. The van der Waals surface area contributed by atoms with Crippen LogP contribution in [0.25, 0.3) is 0 Å². The maximum Gasteiger partial charge on any atom is 0.307 e. The zero-order valence-corrected chi connectivity index (χ0v) is 14.2. The SMILES string of the molecule is COCCS(=O)(=O)c1ccc(C(=O)N[C@H](C)CC(=O)OC)cc1. The van der Waals surface area contributed by atoms with Crippen molar-refractivity contribution in [3.63, 3.8) is 0 Å². The molecule has 0 heterocycles. The normalized spacial score (nSPS) is 12.5. The van der Waals surface area contributed by atoms with E-state index in [0.717, 1.165) is 0 Å². The highest BCUT2D eigenvalue weighted by molar-refractivity contribution is 7.91.